The second-order valence-corrected chi connectivity index (χ2v) is 4.11. The fraction of sp³-hybridized carbons (Fsp3) is 0.462. The van der Waals surface area contributed by atoms with E-state index in [2.05, 4.69) is 12.2 Å². The van der Waals surface area contributed by atoms with Crippen LogP contribution < -0.4 is 10.1 Å². The predicted molar refractivity (Wildman–Crippen MR) is 70.4 cm³/mol. The SMILES string of the molecule is CCc1ccc2c(c1)C(=O)CC(NC)CO2.Cl. The van der Waals surface area contributed by atoms with Gasteiger partial charge in [-0.2, -0.15) is 0 Å². The minimum atomic E-state index is 0. The van der Waals surface area contributed by atoms with E-state index in [9.17, 15) is 4.79 Å². The zero-order valence-corrected chi connectivity index (χ0v) is 11.0. The van der Waals surface area contributed by atoms with E-state index >= 15 is 0 Å². The van der Waals surface area contributed by atoms with Crippen LogP contribution in [0.2, 0.25) is 0 Å². The van der Waals surface area contributed by atoms with Gasteiger partial charge in [-0.3, -0.25) is 4.79 Å². The van der Waals surface area contributed by atoms with Crippen LogP contribution >= 0.6 is 12.4 Å². The van der Waals surface area contributed by atoms with Crippen LogP contribution in [0.25, 0.3) is 0 Å². The molecule has 1 aliphatic rings. The molecule has 2 rings (SSSR count). The normalized spacial score (nSPS) is 18.7. The number of likely N-dealkylation sites (N-methyl/N-ethyl adjacent to an activating group) is 1. The maximum absolute atomic E-state index is 12.0. The maximum Gasteiger partial charge on any atom is 0.168 e. The number of fused-ring (bicyclic) bond motifs is 1. The first kappa shape index (κ1) is 14.0. The summed E-state index contributed by atoms with van der Waals surface area (Å²) in [4.78, 5) is 12.0. The zero-order chi connectivity index (χ0) is 11.5. The van der Waals surface area contributed by atoms with Gasteiger partial charge in [-0.05, 0) is 31.2 Å². The number of carbonyl (C=O) groups excluding carboxylic acids is 1. The number of ketones is 1. The Balaban J connectivity index is 0.00000144. The van der Waals surface area contributed by atoms with Gasteiger partial charge in [-0.25, -0.2) is 0 Å². The van der Waals surface area contributed by atoms with Gasteiger partial charge in [0.05, 0.1) is 5.56 Å². The fourth-order valence-corrected chi connectivity index (χ4v) is 1.91. The lowest BCUT2D eigenvalue weighted by Gasteiger charge is -2.11. The van der Waals surface area contributed by atoms with Crippen molar-refractivity contribution in [2.75, 3.05) is 13.7 Å². The summed E-state index contributed by atoms with van der Waals surface area (Å²) >= 11 is 0. The number of hydrogen-bond donors (Lipinski definition) is 1. The second kappa shape index (κ2) is 6.03. The van der Waals surface area contributed by atoms with Crippen molar-refractivity contribution in [1.29, 1.82) is 0 Å². The van der Waals surface area contributed by atoms with E-state index in [1.54, 1.807) is 0 Å². The summed E-state index contributed by atoms with van der Waals surface area (Å²) in [5.74, 6) is 0.891. The minimum Gasteiger partial charge on any atom is -0.491 e. The molecule has 94 valence electrons. The van der Waals surface area contributed by atoms with Crippen LogP contribution in [0.5, 0.6) is 5.75 Å². The van der Waals surface area contributed by atoms with Crippen LogP contribution in [0.15, 0.2) is 18.2 Å². The minimum absolute atomic E-state index is 0. The van der Waals surface area contributed by atoms with E-state index in [0.717, 1.165) is 17.7 Å². The standard InChI is InChI=1S/C13H17NO2.ClH/c1-3-9-4-5-13-11(6-9)12(15)7-10(14-2)8-16-13;/h4-6,10,14H,3,7-8H2,1-2H3;1H. The zero-order valence-electron chi connectivity index (χ0n) is 10.2. The molecule has 3 nitrogen and oxygen atoms in total. The van der Waals surface area contributed by atoms with Crippen LogP contribution in [-0.2, 0) is 6.42 Å². The molecule has 0 saturated carbocycles. The van der Waals surface area contributed by atoms with Crippen molar-refractivity contribution in [2.24, 2.45) is 0 Å². The molecule has 0 bridgehead atoms. The number of hydrogen-bond acceptors (Lipinski definition) is 3. The summed E-state index contributed by atoms with van der Waals surface area (Å²) in [5.41, 5.74) is 1.91. The van der Waals surface area contributed by atoms with Crippen molar-refractivity contribution in [2.45, 2.75) is 25.8 Å². The Morgan fingerprint density at radius 1 is 1.47 bits per heavy atom. The van der Waals surface area contributed by atoms with E-state index in [0.29, 0.717) is 13.0 Å². The van der Waals surface area contributed by atoms with Gasteiger partial charge in [-0.1, -0.05) is 13.0 Å². The molecule has 1 aliphatic heterocycles. The van der Waals surface area contributed by atoms with E-state index in [1.807, 2.05) is 25.2 Å². The Morgan fingerprint density at radius 2 is 2.24 bits per heavy atom. The first-order valence-electron chi connectivity index (χ1n) is 5.70. The number of benzene rings is 1. The molecule has 1 N–H and O–H groups in total. The second-order valence-electron chi connectivity index (χ2n) is 4.11. The number of halogens is 1. The van der Waals surface area contributed by atoms with Gasteiger partial charge < -0.3 is 10.1 Å². The third kappa shape index (κ3) is 2.99. The van der Waals surface area contributed by atoms with E-state index in [4.69, 9.17) is 4.74 Å². The van der Waals surface area contributed by atoms with Crippen LogP contribution in [0.4, 0.5) is 0 Å². The first-order chi connectivity index (χ1) is 7.74. The van der Waals surface area contributed by atoms with Crippen molar-refractivity contribution in [3.8, 4) is 5.75 Å². The van der Waals surface area contributed by atoms with Crippen molar-refractivity contribution >= 4 is 18.2 Å². The van der Waals surface area contributed by atoms with Crippen LogP contribution in [0.3, 0.4) is 0 Å². The predicted octanol–water partition coefficient (Wildman–Crippen LogP) is 2.22. The van der Waals surface area contributed by atoms with Gasteiger partial charge in [0.25, 0.3) is 0 Å². The van der Waals surface area contributed by atoms with E-state index in [-0.39, 0.29) is 24.2 Å². The Bertz CT molecular complexity index is 406. The largest absolute Gasteiger partial charge is 0.491 e. The molecule has 17 heavy (non-hydrogen) atoms. The Labute approximate surface area is 108 Å². The highest BCUT2D eigenvalue weighted by atomic mass is 35.5. The fourth-order valence-electron chi connectivity index (χ4n) is 1.91. The molecule has 1 heterocycles. The average molecular weight is 256 g/mol. The molecule has 1 aromatic rings. The van der Waals surface area contributed by atoms with Gasteiger partial charge in [-0.15, -0.1) is 12.4 Å². The van der Waals surface area contributed by atoms with Gasteiger partial charge in [0.1, 0.15) is 12.4 Å². The van der Waals surface area contributed by atoms with Crippen molar-refractivity contribution < 1.29 is 9.53 Å². The maximum atomic E-state index is 12.0. The molecular formula is C13H18ClNO2. The monoisotopic (exact) mass is 255 g/mol. The molecule has 1 aromatic carbocycles. The van der Waals surface area contributed by atoms with Crippen LogP contribution in [0, 0.1) is 0 Å². The third-order valence-corrected chi connectivity index (χ3v) is 3.03. The Kier molecular flexibility index (Phi) is 4.97. The first-order valence-corrected chi connectivity index (χ1v) is 5.70. The molecular weight excluding hydrogens is 238 g/mol. The number of rotatable bonds is 2. The molecule has 0 amide bonds. The number of carbonyl (C=O) groups is 1. The topological polar surface area (TPSA) is 38.3 Å². The molecule has 1 unspecified atom stereocenters. The highest BCUT2D eigenvalue weighted by Gasteiger charge is 2.22. The number of aryl methyl sites for hydroxylation is 1. The average Bonchev–Trinajstić information content (AvgIpc) is 2.48. The summed E-state index contributed by atoms with van der Waals surface area (Å²) < 4.78 is 5.64. The lowest BCUT2D eigenvalue weighted by molar-refractivity contribution is 0.0972. The van der Waals surface area contributed by atoms with Crippen molar-refractivity contribution in [3.63, 3.8) is 0 Å². The van der Waals surface area contributed by atoms with Gasteiger partial charge >= 0.3 is 0 Å². The summed E-state index contributed by atoms with van der Waals surface area (Å²) in [5, 5.41) is 3.09. The summed E-state index contributed by atoms with van der Waals surface area (Å²) in [6.45, 7) is 2.64. The molecule has 0 spiro atoms. The lowest BCUT2D eigenvalue weighted by Crippen LogP contribution is -2.32. The van der Waals surface area contributed by atoms with E-state index in [1.165, 1.54) is 5.56 Å². The summed E-state index contributed by atoms with van der Waals surface area (Å²) in [7, 11) is 1.86. The number of Topliss-reactive ketones (excluding diaryl/α,β-unsaturated/α-hetero) is 1. The summed E-state index contributed by atoms with van der Waals surface area (Å²) in [6.07, 6.45) is 1.45. The van der Waals surface area contributed by atoms with Crippen LogP contribution in [-0.4, -0.2) is 25.5 Å². The molecule has 1 atom stereocenters. The van der Waals surface area contributed by atoms with Crippen molar-refractivity contribution in [1.82, 2.24) is 5.32 Å². The van der Waals surface area contributed by atoms with Gasteiger partial charge in [0, 0.05) is 12.5 Å². The molecule has 0 saturated heterocycles. The molecule has 0 radical (unpaired) electrons. The van der Waals surface area contributed by atoms with Crippen LogP contribution in [0.1, 0.15) is 29.3 Å². The smallest absolute Gasteiger partial charge is 0.168 e. The summed E-state index contributed by atoms with van der Waals surface area (Å²) in [6, 6.07) is 6.00. The molecule has 0 fully saturated rings. The highest BCUT2D eigenvalue weighted by Crippen LogP contribution is 2.25. The highest BCUT2D eigenvalue weighted by molar-refractivity contribution is 5.99. The lowest BCUT2D eigenvalue weighted by atomic mass is 10.0. The van der Waals surface area contributed by atoms with Crippen molar-refractivity contribution in [3.05, 3.63) is 29.3 Å². The molecule has 0 aliphatic carbocycles. The number of ether oxygens (including phenoxy) is 1. The Morgan fingerprint density at radius 3 is 2.88 bits per heavy atom. The van der Waals surface area contributed by atoms with E-state index < -0.39 is 0 Å². The molecule has 4 heteroatoms. The molecule has 0 aromatic heterocycles. The van der Waals surface area contributed by atoms with Gasteiger partial charge in [0.15, 0.2) is 5.78 Å². The van der Waals surface area contributed by atoms with Gasteiger partial charge in [0.2, 0.25) is 0 Å². The number of nitrogens with one attached hydrogen (secondary N) is 1. The Hall–Kier alpha value is -1.06. The quantitative estimate of drug-likeness (QED) is 0.881. The third-order valence-electron chi connectivity index (χ3n) is 3.03.